The van der Waals surface area contributed by atoms with Crippen molar-refractivity contribution in [2.75, 3.05) is 19.6 Å². The van der Waals surface area contributed by atoms with Gasteiger partial charge in [0.1, 0.15) is 0 Å². The zero-order chi connectivity index (χ0) is 13.0. The normalized spacial score (nSPS) is 19.8. The molecule has 0 radical (unpaired) electrons. The van der Waals surface area contributed by atoms with Gasteiger partial charge < -0.3 is 9.88 Å². The Morgan fingerprint density at radius 3 is 2.78 bits per heavy atom. The van der Waals surface area contributed by atoms with Crippen molar-refractivity contribution in [1.29, 1.82) is 0 Å². The first-order chi connectivity index (χ1) is 8.58. The third-order valence-corrected chi connectivity index (χ3v) is 4.61. The second-order valence-electron chi connectivity index (χ2n) is 4.80. The van der Waals surface area contributed by atoms with Crippen LogP contribution in [0, 0.1) is 0 Å². The Bertz CT molecular complexity index is 451. The highest BCUT2D eigenvalue weighted by atomic mass is 32.2. The minimum Gasteiger partial charge on any atom is -0.335 e. The van der Waals surface area contributed by atoms with Gasteiger partial charge in [0.15, 0.2) is 5.03 Å². The average Bonchev–Trinajstić information content (AvgIpc) is 2.83. The molecule has 18 heavy (non-hydrogen) atoms. The van der Waals surface area contributed by atoms with Crippen LogP contribution in [-0.4, -0.2) is 49.0 Å². The Balaban J connectivity index is 1.88. The van der Waals surface area contributed by atoms with E-state index in [1.807, 2.05) is 6.92 Å². The number of rotatable bonds is 5. The Labute approximate surface area is 108 Å². The van der Waals surface area contributed by atoms with Gasteiger partial charge in [-0.05, 0) is 32.9 Å². The molecule has 7 heteroatoms. The quantitative estimate of drug-likeness (QED) is 0.821. The summed E-state index contributed by atoms with van der Waals surface area (Å²) in [7, 11) is -3.46. The molecule has 2 rings (SSSR count). The van der Waals surface area contributed by atoms with Crippen LogP contribution in [0.2, 0.25) is 0 Å². The lowest BCUT2D eigenvalue weighted by Gasteiger charge is -2.29. The summed E-state index contributed by atoms with van der Waals surface area (Å²) in [5.41, 5.74) is 0. The van der Waals surface area contributed by atoms with Gasteiger partial charge >= 0.3 is 0 Å². The third kappa shape index (κ3) is 3.54. The first kappa shape index (κ1) is 13.5. The number of hydrogen-bond donors (Lipinski definition) is 2. The number of H-pyrrole nitrogens is 1. The van der Waals surface area contributed by atoms with Crippen molar-refractivity contribution in [3.8, 4) is 0 Å². The monoisotopic (exact) mass is 272 g/mol. The maximum Gasteiger partial charge on any atom is 0.257 e. The SMILES string of the molecule is CC(CN1CCCCC1)NS(=O)(=O)c1cnc[nH]1. The minimum absolute atomic E-state index is 0.101. The van der Waals surface area contributed by atoms with Crippen LogP contribution in [0.25, 0.3) is 0 Å². The number of hydrogen-bond acceptors (Lipinski definition) is 4. The van der Waals surface area contributed by atoms with Gasteiger partial charge in [-0.1, -0.05) is 6.42 Å². The predicted octanol–water partition coefficient (Wildman–Crippen LogP) is 0.562. The molecule has 1 unspecified atom stereocenters. The van der Waals surface area contributed by atoms with Gasteiger partial charge in [-0.3, -0.25) is 0 Å². The average molecular weight is 272 g/mol. The van der Waals surface area contributed by atoms with E-state index >= 15 is 0 Å². The summed E-state index contributed by atoms with van der Waals surface area (Å²) in [6, 6.07) is -0.101. The summed E-state index contributed by atoms with van der Waals surface area (Å²) in [5.74, 6) is 0. The molecule has 0 aromatic carbocycles. The Morgan fingerprint density at radius 1 is 1.44 bits per heavy atom. The molecule has 2 N–H and O–H groups in total. The van der Waals surface area contributed by atoms with Crippen LogP contribution in [0.4, 0.5) is 0 Å². The fraction of sp³-hybridized carbons (Fsp3) is 0.727. The number of sulfonamides is 1. The Morgan fingerprint density at radius 2 is 2.17 bits per heavy atom. The molecule has 1 aromatic rings. The van der Waals surface area contributed by atoms with Crippen molar-refractivity contribution in [3.05, 3.63) is 12.5 Å². The molecular formula is C11H20N4O2S. The summed E-state index contributed by atoms with van der Waals surface area (Å²) in [4.78, 5) is 8.65. The molecule has 1 atom stereocenters. The summed E-state index contributed by atoms with van der Waals surface area (Å²) < 4.78 is 26.6. The van der Waals surface area contributed by atoms with Crippen LogP contribution in [0.3, 0.4) is 0 Å². The number of aromatic amines is 1. The van der Waals surface area contributed by atoms with Gasteiger partial charge in [0.2, 0.25) is 0 Å². The molecule has 0 bridgehead atoms. The van der Waals surface area contributed by atoms with Crippen molar-refractivity contribution in [3.63, 3.8) is 0 Å². The molecule has 0 saturated carbocycles. The second kappa shape index (κ2) is 5.81. The van der Waals surface area contributed by atoms with Crippen LogP contribution in [0.1, 0.15) is 26.2 Å². The number of likely N-dealkylation sites (tertiary alicyclic amines) is 1. The molecule has 1 fully saturated rings. The molecule has 1 aromatic heterocycles. The number of piperidine rings is 1. The van der Waals surface area contributed by atoms with Crippen molar-refractivity contribution in [1.82, 2.24) is 19.6 Å². The molecule has 0 aliphatic carbocycles. The summed E-state index contributed by atoms with van der Waals surface area (Å²) in [6.45, 7) is 4.78. The second-order valence-corrected chi connectivity index (χ2v) is 6.48. The van der Waals surface area contributed by atoms with E-state index in [4.69, 9.17) is 0 Å². The Kier molecular flexibility index (Phi) is 4.36. The van der Waals surface area contributed by atoms with Crippen molar-refractivity contribution >= 4 is 10.0 Å². The van der Waals surface area contributed by atoms with Crippen molar-refractivity contribution in [2.24, 2.45) is 0 Å². The van der Waals surface area contributed by atoms with E-state index < -0.39 is 10.0 Å². The van der Waals surface area contributed by atoms with E-state index in [0.29, 0.717) is 0 Å². The topological polar surface area (TPSA) is 78.1 Å². The molecule has 0 spiro atoms. The van der Waals surface area contributed by atoms with Crippen LogP contribution in [-0.2, 0) is 10.0 Å². The molecule has 1 saturated heterocycles. The first-order valence-corrected chi connectivity index (χ1v) is 7.79. The van der Waals surface area contributed by atoms with Gasteiger partial charge in [0.25, 0.3) is 10.0 Å². The molecule has 102 valence electrons. The highest BCUT2D eigenvalue weighted by Crippen LogP contribution is 2.10. The third-order valence-electron chi connectivity index (χ3n) is 3.10. The highest BCUT2D eigenvalue weighted by molar-refractivity contribution is 7.89. The number of imidazole rings is 1. The number of nitrogens with zero attached hydrogens (tertiary/aromatic N) is 2. The molecule has 1 aliphatic heterocycles. The van der Waals surface area contributed by atoms with Gasteiger partial charge in [-0.25, -0.2) is 18.1 Å². The van der Waals surface area contributed by atoms with E-state index in [-0.39, 0.29) is 11.1 Å². The largest absolute Gasteiger partial charge is 0.335 e. The molecule has 2 heterocycles. The van der Waals surface area contributed by atoms with Crippen LogP contribution >= 0.6 is 0 Å². The summed E-state index contributed by atoms with van der Waals surface area (Å²) in [5, 5.41) is 0.119. The predicted molar refractivity (Wildman–Crippen MR) is 68.7 cm³/mol. The molecule has 1 aliphatic rings. The summed E-state index contributed by atoms with van der Waals surface area (Å²) >= 11 is 0. The smallest absolute Gasteiger partial charge is 0.257 e. The fourth-order valence-electron chi connectivity index (χ4n) is 2.28. The van der Waals surface area contributed by atoms with Crippen LogP contribution in [0.5, 0.6) is 0 Å². The van der Waals surface area contributed by atoms with E-state index in [2.05, 4.69) is 19.6 Å². The van der Waals surface area contributed by atoms with E-state index in [1.54, 1.807) is 0 Å². The van der Waals surface area contributed by atoms with Crippen LogP contribution in [0.15, 0.2) is 17.6 Å². The zero-order valence-corrected chi connectivity index (χ0v) is 11.4. The first-order valence-electron chi connectivity index (χ1n) is 6.31. The van der Waals surface area contributed by atoms with Gasteiger partial charge in [-0.2, -0.15) is 0 Å². The van der Waals surface area contributed by atoms with Gasteiger partial charge in [0, 0.05) is 12.6 Å². The maximum absolute atomic E-state index is 11.9. The van der Waals surface area contributed by atoms with Crippen molar-refractivity contribution in [2.45, 2.75) is 37.3 Å². The highest BCUT2D eigenvalue weighted by Gasteiger charge is 2.20. The van der Waals surface area contributed by atoms with E-state index in [1.165, 1.54) is 31.8 Å². The van der Waals surface area contributed by atoms with Crippen molar-refractivity contribution < 1.29 is 8.42 Å². The molecule has 6 nitrogen and oxygen atoms in total. The van der Waals surface area contributed by atoms with E-state index in [9.17, 15) is 8.42 Å². The lowest BCUT2D eigenvalue weighted by molar-refractivity contribution is 0.215. The lowest BCUT2D eigenvalue weighted by atomic mass is 10.1. The molecular weight excluding hydrogens is 252 g/mol. The summed E-state index contributed by atoms with van der Waals surface area (Å²) in [6.07, 6.45) is 6.38. The minimum atomic E-state index is -3.46. The van der Waals surface area contributed by atoms with E-state index in [0.717, 1.165) is 19.6 Å². The fourth-order valence-corrected chi connectivity index (χ4v) is 3.42. The van der Waals surface area contributed by atoms with Gasteiger partial charge in [0.05, 0.1) is 12.5 Å². The molecule has 0 amide bonds. The number of aromatic nitrogens is 2. The zero-order valence-electron chi connectivity index (χ0n) is 10.6. The van der Waals surface area contributed by atoms with Gasteiger partial charge in [-0.15, -0.1) is 0 Å². The number of nitrogens with one attached hydrogen (secondary N) is 2. The Hall–Kier alpha value is -0.920. The maximum atomic E-state index is 11.9. The lowest BCUT2D eigenvalue weighted by Crippen LogP contribution is -2.43. The standard InChI is InChI=1S/C11H20N4O2S/c1-10(8-15-5-3-2-4-6-15)14-18(16,17)11-7-12-9-13-11/h7,9-10,14H,2-6,8H2,1H3,(H,12,13). The van der Waals surface area contributed by atoms with Crippen LogP contribution < -0.4 is 4.72 Å².